The van der Waals surface area contributed by atoms with Crippen LogP contribution >= 0.6 is 0 Å². The maximum atomic E-state index is 13.3. The van der Waals surface area contributed by atoms with Gasteiger partial charge in [0.1, 0.15) is 5.82 Å². The van der Waals surface area contributed by atoms with E-state index in [1.165, 1.54) is 4.90 Å². The van der Waals surface area contributed by atoms with Gasteiger partial charge in [0.15, 0.2) is 0 Å². The van der Waals surface area contributed by atoms with Crippen molar-refractivity contribution >= 4 is 11.6 Å². The second kappa shape index (κ2) is 5.90. The van der Waals surface area contributed by atoms with Gasteiger partial charge >= 0.3 is 6.18 Å². The molecule has 0 atom stereocenters. The fraction of sp³-hybridized carbons (Fsp3) is 0.417. The Hall–Kier alpha value is -1.79. The van der Waals surface area contributed by atoms with Gasteiger partial charge in [-0.15, -0.1) is 0 Å². The molecule has 1 aromatic rings. The molecule has 1 N–H and O–H groups in total. The molecule has 0 unspecified atom stereocenters. The standard InChI is InChI=1S/C12H14F4N2O/c1-18(2)11(19)5-6-17-10-7-8(12(14,15)16)3-4-9(10)13/h3-4,7,17H,5-6H2,1-2H3. The molecule has 0 saturated carbocycles. The van der Waals surface area contributed by atoms with Crippen molar-refractivity contribution in [3.05, 3.63) is 29.6 Å². The number of carbonyl (C=O) groups excluding carboxylic acids is 1. The average Bonchev–Trinajstić information content (AvgIpc) is 2.29. The monoisotopic (exact) mass is 278 g/mol. The maximum Gasteiger partial charge on any atom is 0.416 e. The van der Waals surface area contributed by atoms with Crippen molar-refractivity contribution in [1.29, 1.82) is 0 Å². The van der Waals surface area contributed by atoms with Crippen molar-refractivity contribution in [3.8, 4) is 0 Å². The lowest BCUT2D eigenvalue weighted by Crippen LogP contribution is -2.24. The molecular weight excluding hydrogens is 264 g/mol. The molecule has 0 spiro atoms. The summed E-state index contributed by atoms with van der Waals surface area (Å²) in [6.45, 7) is 0.0647. The fourth-order valence-corrected chi connectivity index (χ4v) is 1.36. The Morgan fingerprint density at radius 3 is 2.47 bits per heavy atom. The van der Waals surface area contributed by atoms with Crippen LogP contribution in [0.2, 0.25) is 0 Å². The topological polar surface area (TPSA) is 32.3 Å². The smallest absolute Gasteiger partial charge is 0.382 e. The van der Waals surface area contributed by atoms with Gasteiger partial charge in [-0.25, -0.2) is 4.39 Å². The summed E-state index contributed by atoms with van der Waals surface area (Å²) in [5.74, 6) is -0.981. The Balaban J connectivity index is 2.70. The number of amides is 1. The quantitative estimate of drug-likeness (QED) is 0.859. The van der Waals surface area contributed by atoms with Crippen LogP contribution in [0.15, 0.2) is 18.2 Å². The molecule has 0 radical (unpaired) electrons. The number of alkyl halides is 3. The lowest BCUT2D eigenvalue weighted by molar-refractivity contribution is -0.137. The first-order valence-corrected chi connectivity index (χ1v) is 5.52. The molecule has 0 aromatic heterocycles. The minimum Gasteiger partial charge on any atom is -0.382 e. The Bertz CT molecular complexity index is 458. The van der Waals surface area contributed by atoms with Gasteiger partial charge in [-0.2, -0.15) is 13.2 Å². The second-order valence-electron chi connectivity index (χ2n) is 4.16. The van der Waals surface area contributed by atoms with Crippen molar-refractivity contribution in [3.63, 3.8) is 0 Å². The highest BCUT2D eigenvalue weighted by Crippen LogP contribution is 2.31. The van der Waals surface area contributed by atoms with Crippen molar-refractivity contribution in [2.75, 3.05) is 26.0 Å². The number of rotatable bonds is 4. The predicted molar refractivity (Wildman–Crippen MR) is 63.2 cm³/mol. The zero-order valence-corrected chi connectivity index (χ0v) is 10.5. The predicted octanol–water partition coefficient (Wildman–Crippen LogP) is 2.73. The van der Waals surface area contributed by atoms with Gasteiger partial charge in [0.2, 0.25) is 5.91 Å². The highest BCUT2D eigenvalue weighted by Gasteiger charge is 2.31. The average molecular weight is 278 g/mol. The highest BCUT2D eigenvalue weighted by atomic mass is 19.4. The zero-order valence-electron chi connectivity index (χ0n) is 10.5. The zero-order chi connectivity index (χ0) is 14.6. The van der Waals surface area contributed by atoms with Gasteiger partial charge < -0.3 is 10.2 Å². The summed E-state index contributed by atoms with van der Waals surface area (Å²) in [4.78, 5) is 12.6. The summed E-state index contributed by atoms with van der Waals surface area (Å²) in [7, 11) is 3.13. The number of nitrogens with zero attached hydrogens (tertiary/aromatic N) is 1. The number of carbonyl (C=O) groups is 1. The highest BCUT2D eigenvalue weighted by molar-refractivity contribution is 5.76. The molecule has 3 nitrogen and oxygen atoms in total. The fourth-order valence-electron chi connectivity index (χ4n) is 1.36. The molecule has 0 aliphatic carbocycles. The summed E-state index contributed by atoms with van der Waals surface area (Å²) in [6.07, 6.45) is -4.45. The van der Waals surface area contributed by atoms with E-state index >= 15 is 0 Å². The van der Waals surface area contributed by atoms with Gasteiger partial charge in [0.05, 0.1) is 11.3 Å². The Kier molecular flexibility index (Phi) is 4.74. The van der Waals surface area contributed by atoms with Crippen LogP contribution in [0, 0.1) is 5.82 Å². The van der Waals surface area contributed by atoms with E-state index in [0.717, 1.165) is 6.07 Å². The Morgan fingerprint density at radius 1 is 1.32 bits per heavy atom. The molecule has 1 rings (SSSR count). The molecule has 0 fully saturated rings. The summed E-state index contributed by atoms with van der Waals surface area (Å²) in [5, 5.41) is 2.49. The largest absolute Gasteiger partial charge is 0.416 e. The van der Waals surface area contributed by atoms with E-state index in [-0.39, 0.29) is 24.6 Å². The molecule has 7 heteroatoms. The number of nitrogens with one attached hydrogen (secondary N) is 1. The molecule has 1 aromatic carbocycles. The molecule has 0 aliphatic rings. The first-order valence-electron chi connectivity index (χ1n) is 5.52. The SMILES string of the molecule is CN(C)C(=O)CCNc1cc(C(F)(F)F)ccc1F. The molecule has 1 amide bonds. The number of hydrogen-bond acceptors (Lipinski definition) is 2. The van der Waals surface area contributed by atoms with Crippen molar-refractivity contribution in [2.45, 2.75) is 12.6 Å². The second-order valence-corrected chi connectivity index (χ2v) is 4.16. The van der Waals surface area contributed by atoms with Crippen LogP contribution in [0.3, 0.4) is 0 Å². The molecule has 0 saturated heterocycles. The molecule has 0 aliphatic heterocycles. The molecular formula is C12H14F4N2O. The summed E-state index contributed by atoms with van der Waals surface area (Å²) < 4.78 is 50.7. The van der Waals surface area contributed by atoms with Crippen LogP contribution < -0.4 is 5.32 Å². The van der Waals surface area contributed by atoms with Gasteiger partial charge in [0, 0.05) is 27.1 Å². The first kappa shape index (κ1) is 15.3. The maximum absolute atomic E-state index is 13.3. The lowest BCUT2D eigenvalue weighted by Gasteiger charge is -2.13. The minimum atomic E-state index is -4.52. The van der Waals surface area contributed by atoms with Crippen molar-refractivity contribution in [1.82, 2.24) is 4.90 Å². The normalized spacial score (nSPS) is 11.3. The Morgan fingerprint density at radius 2 is 1.95 bits per heavy atom. The Labute approximate surface area is 108 Å². The van der Waals surface area contributed by atoms with E-state index in [4.69, 9.17) is 0 Å². The van der Waals surface area contributed by atoms with E-state index in [0.29, 0.717) is 12.1 Å². The third kappa shape index (κ3) is 4.42. The van der Waals surface area contributed by atoms with Crippen LogP contribution in [0.25, 0.3) is 0 Å². The number of benzene rings is 1. The van der Waals surface area contributed by atoms with Crippen molar-refractivity contribution < 1.29 is 22.4 Å². The van der Waals surface area contributed by atoms with E-state index in [2.05, 4.69) is 5.32 Å². The van der Waals surface area contributed by atoms with E-state index in [1.807, 2.05) is 0 Å². The molecule has 106 valence electrons. The summed E-state index contributed by atoms with van der Waals surface area (Å²) >= 11 is 0. The first-order chi connectivity index (χ1) is 8.71. The van der Waals surface area contributed by atoms with Crippen LogP contribution in [0.5, 0.6) is 0 Å². The lowest BCUT2D eigenvalue weighted by atomic mass is 10.2. The van der Waals surface area contributed by atoms with E-state index in [1.54, 1.807) is 14.1 Å². The van der Waals surface area contributed by atoms with Crippen LogP contribution in [0.1, 0.15) is 12.0 Å². The van der Waals surface area contributed by atoms with Crippen molar-refractivity contribution in [2.24, 2.45) is 0 Å². The third-order valence-corrected chi connectivity index (χ3v) is 2.45. The van der Waals surface area contributed by atoms with Crippen LogP contribution in [-0.4, -0.2) is 31.4 Å². The van der Waals surface area contributed by atoms with Gasteiger partial charge in [-0.05, 0) is 18.2 Å². The van der Waals surface area contributed by atoms with Gasteiger partial charge in [-0.1, -0.05) is 0 Å². The number of halogens is 4. The van der Waals surface area contributed by atoms with Crippen LogP contribution in [-0.2, 0) is 11.0 Å². The summed E-state index contributed by atoms with van der Waals surface area (Å²) in [5.41, 5.74) is -1.20. The third-order valence-electron chi connectivity index (χ3n) is 2.45. The van der Waals surface area contributed by atoms with Crippen LogP contribution in [0.4, 0.5) is 23.2 Å². The molecule has 19 heavy (non-hydrogen) atoms. The van der Waals surface area contributed by atoms with Gasteiger partial charge in [0.25, 0.3) is 0 Å². The van der Waals surface area contributed by atoms with Gasteiger partial charge in [-0.3, -0.25) is 4.79 Å². The van der Waals surface area contributed by atoms with E-state index in [9.17, 15) is 22.4 Å². The van der Waals surface area contributed by atoms with E-state index < -0.39 is 17.6 Å². The molecule has 0 bridgehead atoms. The number of hydrogen-bond donors (Lipinski definition) is 1. The number of anilines is 1. The summed E-state index contributed by atoms with van der Waals surface area (Å²) in [6, 6.07) is 2.11. The minimum absolute atomic E-state index is 0.0647. The molecule has 0 heterocycles.